The summed E-state index contributed by atoms with van der Waals surface area (Å²) in [6.45, 7) is 9.79. The first-order valence-corrected chi connectivity index (χ1v) is 29.4. The topological polar surface area (TPSA) is 228 Å². The van der Waals surface area contributed by atoms with Crippen LogP contribution in [0.3, 0.4) is 0 Å². The molecule has 0 aromatic heterocycles. The zero-order valence-corrected chi connectivity index (χ0v) is 43.3. The first-order valence-electron chi connectivity index (χ1n) is 24.2. The number of quaternary nitrogens is 3. The van der Waals surface area contributed by atoms with Crippen LogP contribution in [0.15, 0.2) is 0 Å². The summed E-state index contributed by atoms with van der Waals surface area (Å²) in [5.41, 5.74) is 3.92. The van der Waals surface area contributed by atoms with E-state index in [-0.39, 0.29) is 45.1 Å². The number of nitrogens with zero attached hydrogens (tertiary/aromatic N) is 1. The Labute approximate surface area is 387 Å². The number of phosphoric ester groups is 1. The normalized spacial score (nSPS) is 14.2. The Hall–Kier alpha value is -2.44. The monoisotopic (exact) mass is 954 g/mol. The second kappa shape index (κ2) is 36.6. The van der Waals surface area contributed by atoms with Crippen LogP contribution in [0.1, 0.15) is 135 Å². The summed E-state index contributed by atoms with van der Waals surface area (Å²) >= 11 is 0. The number of amides is 2. The second-order valence-electron chi connectivity index (χ2n) is 19.5. The van der Waals surface area contributed by atoms with Crippen molar-refractivity contribution < 1.29 is 71.8 Å². The molecule has 64 heavy (non-hydrogen) atoms. The van der Waals surface area contributed by atoms with Crippen LogP contribution in [-0.4, -0.2) is 142 Å². The van der Waals surface area contributed by atoms with Crippen LogP contribution in [0.25, 0.3) is 0 Å². The van der Waals surface area contributed by atoms with Gasteiger partial charge in [0.05, 0.1) is 61.0 Å². The fourth-order valence-electron chi connectivity index (χ4n) is 6.38. The highest BCUT2D eigenvalue weighted by Crippen LogP contribution is 2.38. The molecule has 0 rings (SSSR count). The second-order valence-corrected chi connectivity index (χ2v) is 26.5. The van der Waals surface area contributed by atoms with Crippen molar-refractivity contribution >= 4 is 45.6 Å². The van der Waals surface area contributed by atoms with Gasteiger partial charge in [0.2, 0.25) is 5.91 Å². The minimum Gasteiger partial charge on any atom is -0.756 e. The summed E-state index contributed by atoms with van der Waals surface area (Å²) in [4.78, 5) is 75.4. The number of carbonyl (C=O) groups is 5. The predicted octanol–water partition coefficient (Wildman–Crippen LogP) is 3.71. The predicted molar refractivity (Wildman–Crippen MR) is 250 cm³/mol. The van der Waals surface area contributed by atoms with Gasteiger partial charge in [-0.3, -0.25) is 28.5 Å². The average Bonchev–Trinajstić information content (AvgIpc) is 3.20. The smallest absolute Gasteiger partial charge is 0.325 e. The maximum Gasteiger partial charge on any atom is 0.325 e. The van der Waals surface area contributed by atoms with Crippen LogP contribution in [0.2, 0.25) is 25.7 Å². The van der Waals surface area contributed by atoms with E-state index < -0.39 is 58.5 Å². The number of unbranched alkanes of at least 4 members (excludes halogenated alkanes) is 14. The van der Waals surface area contributed by atoms with Crippen molar-refractivity contribution in [2.24, 2.45) is 0 Å². The molecule has 376 valence electrons. The van der Waals surface area contributed by atoms with Gasteiger partial charge in [0.15, 0.2) is 12.1 Å². The first-order chi connectivity index (χ1) is 30.1. The van der Waals surface area contributed by atoms with Crippen molar-refractivity contribution in [2.45, 2.75) is 173 Å². The summed E-state index contributed by atoms with van der Waals surface area (Å²) < 4.78 is 39.1. The number of carbonyl (C=O) groups excluding carboxylic acids is 5. The summed E-state index contributed by atoms with van der Waals surface area (Å²) in [6.07, 6.45) is 18.2. The number of hydrogen-bond donors (Lipinski definition) is 4. The van der Waals surface area contributed by atoms with Crippen molar-refractivity contribution in [1.82, 2.24) is 10.6 Å². The van der Waals surface area contributed by atoms with Gasteiger partial charge in [-0.25, -0.2) is 0 Å². The highest BCUT2D eigenvalue weighted by molar-refractivity contribution is 7.45. The van der Waals surface area contributed by atoms with Crippen molar-refractivity contribution in [3.8, 4) is 0 Å². The molecule has 0 radical (unpaired) electrons. The highest BCUT2D eigenvalue weighted by atomic mass is 31.2. The minimum atomic E-state index is -4.69. The van der Waals surface area contributed by atoms with Crippen molar-refractivity contribution in [2.75, 3.05) is 87.3 Å². The van der Waals surface area contributed by atoms with E-state index in [4.69, 9.17) is 23.3 Å². The van der Waals surface area contributed by atoms with Crippen molar-refractivity contribution in [3.63, 3.8) is 0 Å². The molecule has 0 saturated heterocycles. The quantitative estimate of drug-likeness (QED) is 0.0172. The van der Waals surface area contributed by atoms with Gasteiger partial charge >= 0.3 is 17.9 Å². The third kappa shape index (κ3) is 41.0. The molecule has 2 unspecified atom stereocenters. The van der Waals surface area contributed by atoms with Gasteiger partial charge in [-0.2, -0.15) is 0 Å². The molecule has 0 aromatic carbocycles. The van der Waals surface area contributed by atoms with Gasteiger partial charge in [-0.05, 0) is 38.1 Å². The standard InChI is InChI=1S/C45H90N5O12PSi/c1-9-10-11-12-13-14-15-16-17-18-19-20-21-27-42(52)59-37-39(38-61-63(56,57)60-32-31-50(3,4)5)62-43(53)28-23-25-30-49(2)29-24-22-26-40(46)45(55)48-35-41(51)47-36-44(54)58-33-34-64(6,7)8/h39-40H,9-38,46H2,1-8H3,(H2-,47,48,51,55,56,57)/p+2/t39-,40+/m1/s1. The molecule has 0 spiro atoms. The van der Waals surface area contributed by atoms with Crippen LogP contribution >= 0.6 is 7.82 Å². The summed E-state index contributed by atoms with van der Waals surface area (Å²) in [7, 11) is 1.75. The van der Waals surface area contributed by atoms with Gasteiger partial charge in [-0.15, -0.1) is 0 Å². The summed E-state index contributed by atoms with van der Waals surface area (Å²) in [5, 5.41) is 5.03. The molecule has 4 atom stereocenters. The van der Waals surface area contributed by atoms with E-state index in [1.165, 1.54) is 62.7 Å². The molecule has 0 aliphatic carbocycles. The number of esters is 3. The third-order valence-corrected chi connectivity index (χ3v) is 13.3. The van der Waals surface area contributed by atoms with Crippen LogP contribution in [-0.2, 0) is 51.8 Å². The Bertz CT molecular complexity index is 1330. The van der Waals surface area contributed by atoms with Gasteiger partial charge < -0.3 is 53.9 Å². The summed E-state index contributed by atoms with van der Waals surface area (Å²) in [5.74, 6) is -2.29. The molecular formula is C45H92N5O12PSi+2. The molecule has 0 saturated carbocycles. The summed E-state index contributed by atoms with van der Waals surface area (Å²) in [6, 6.07) is 0.326. The van der Waals surface area contributed by atoms with Gasteiger partial charge in [0.25, 0.3) is 13.7 Å². The Balaban J connectivity index is 4.52. The van der Waals surface area contributed by atoms with E-state index >= 15 is 0 Å². The lowest BCUT2D eigenvalue weighted by molar-refractivity contribution is -0.880. The van der Waals surface area contributed by atoms with Gasteiger partial charge in [-0.1, -0.05) is 104 Å². The molecule has 6 N–H and O–H groups in total. The maximum atomic E-state index is 12.8. The molecule has 17 nitrogen and oxygen atoms in total. The highest BCUT2D eigenvalue weighted by Gasteiger charge is 2.23. The Morgan fingerprint density at radius 3 is 1.81 bits per heavy atom. The van der Waals surface area contributed by atoms with Crippen LogP contribution in [0.4, 0.5) is 0 Å². The van der Waals surface area contributed by atoms with Crippen LogP contribution in [0.5, 0.6) is 0 Å². The molecule has 0 heterocycles. The number of hydrogen-bond acceptors (Lipinski definition) is 12. The molecule has 0 aliphatic rings. The van der Waals surface area contributed by atoms with E-state index in [0.29, 0.717) is 36.9 Å². The average molecular weight is 954 g/mol. The lowest BCUT2D eigenvalue weighted by Crippen LogP contribution is -3.09. The molecule has 0 aromatic rings. The number of ether oxygens (including phenoxy) is 3. The maximum absolute atomic E-state index is 12.8. The Morgan fingerprint density at radius 2 is 1.23 bits per heavy atom. The van der Waals surface area contributed by atoms with Crippen molar-refractivity contribution in [3.05, 3.63) is 0 Å². The van der Waals surface area contributed by atoms with Crippen molar-refractivity contribution in [1.29, 1.82) is 0 Å². The fraction of sp³-hybridized carbons (Fsp3) is 0.889. The van der Waals surface area contributed by atoms with E-state index in [0.717, 1.165) is 57.7 Å². The fourth-order valence-corrected chi connectivity index (χ4v) is 7.82. The minimum absolute atomic E-state index is 0.0735. The third-order valence-electron chi connectivity index (χ3n) is 10.6. The van der Waals surface area contributed by atoms with E-state index in [1.54, 1.807) is 0 Å². The zero-order valence-electron chi connectivity index (χ0n) is 41.4. The number of phosphoric acid groups is 1. The number of rotatable bonds is 42. The van der Waals surface area contributed by atoms with E-state index in [2.05, 4.69) is 50.0 Å². The molecule has 0 aliphatic heterocycles. The molecular weight excluding hydrogens is 862 g/mol. The molecule has 19 heteroatoms. The Morgan fingerprint density at radius 1 is 0.688 bits per heavy atom. The largest absolute Gasteiger partial charge is 0.756 e. The SMILES string of the molecule is CCCCCCCCCCCCCCCC(=O)OC[C@H](COP(=O)([O-])OCC[N+](C)(C)C)OC(=O)CCCC[NH+](C)CCCC[C@H]([NH3+])C(=O)NCC(=O)NCC(=O)OCC[Si](C)(C)C. The van der Waals surface area contributed by atoms with Gasteiger partial charge in [0.1, 0.15) is 26.3 Å². The Kier molecular flexibility index (Phi) is 35.2. The zero-order chi connectivity index (χ0) is 48.3. The van der Waals surface area contributed by atoms with Gasteiger partial charge in [0, 0.05) is 27.3 Å². The molecule has 0 bridgehead atoms. The lowest BCUT2D eigenvalue weighted by Gasteiger charge is -2.28. The number of nitrogens with one attached hydrogen (secondary N) is 3. The van der Waals surface area contributed by atoms with E-state index in [9.17, 15) is 33.4 Å². The first kappa shape index (κ1) is 61.6. The number of likely N-dealkylation sites (N-methyl/N-ethyl adjacent to an activating group) is 1. The lowest BCUT2D eigenvalue weighted by atomic mass is 10.0. The van der Waals surface area contributed by atoms with Crippen LogP contribution < -0.4 is 26.2 Å². The van der Waals surface area contributed by atoms with Crippen LogP contribution in [0, 0.1) is 0 Å². The molecule has 0 fully saturated rings. The van der Waals surface area contributed by atoms with E-state index in [1.807, 2.05) is 21.1 Å². The molecule has 2 amide bonds.